The third kappa shape index (κ3) is 9.57. The second-order valence-electron chi connectivity index (χ2n) is 32.2. The first-order valence-electron chi connectivity index (χ1n) is 35.7. The molecule has 0 spiro atoms. The predicted octanol–water partition coefficient (Wildman–Crippen LogP) is 23.6. The molecule has 2 aliphatic heterocycles. The summed E-state index contributed by atoms with van der Waals surface area (Å²) in [5.41, 5.74) is 30.5. The Bertz CT molecular complexity index is 5520. The highest BCUT2D eigenvalue weighted by atomic mass is 15.2. The zero-order valence-electron chi connectivity index (χ0n) is 59.4. The number of para-hydroxylation sites is 6. The van der Waals surface area contributed by atoms with Crippen molar-refractivity contribution in [2.24, 2.45) is 0 Å². The lowest BCUT2D eigenvalue weighted by molar-refractivity contribution is 0.590. The van der Waals surface area contributed by atoms with Gasteiger partial charge in [-0.3, -0.25) is 0 Å². The second kappa shape index (κ2) is 22.2. The van der Waals surface area contributed by atoms with Gasteiger partial charge < -0.3 is 23.5 Å². The molecule has 0 unspecified atom stereocenters. The van der Waals surface area contributed by atoms with E-state index in [1.807, 2.05) is 0 Å². The number of benzene rings is 13. The van der Waals surface area contributed by atoms with Crippen LogP contribution in [0.25, 0.3) is 105 Å². The lowest BCUT2D eigenvalue weighted by Gasteiger charge is -2.45. The van der Waals surface area contributed by atoms with Crippen LogP contribution in [0.15, 0.2) is 279 Å². The van der Waals surface area contributed by atoms with Gasteiger partial charge in [0.2, 0.25) is 0 Å². The van der Waals surface area contributed by atoms with Gasteiger partial charge in [0, 0.05) is 55.1 Å². The smallest absolute Gasteiger partial charge is 0.252 e. The van der Waals surface area contributed by atoms with Crippen LogP contribution in [-0.2, 0) is 21.7 Å². The number of fused-ring (bicyclic) bond motifs is 13. The average molecular weight is 1290 g/mol. The van der Waals surface area contributed by atoms with E-state index in [4.69, 9.17) is 0 Å². The van der Waals surface area contributed by atoms with Crippen molar-refractivity contribution in [1.82, 2.24) is 13.7 Å². The largest absolute Gasteiger partial charge is 0.309 e. The third-order valence-corrected chi connectivity index (χ3v) is 21.8. The maximum atomic E-state index is 2.65. The van der Waals surface area contributed by atoms with Crippen molar-refractivity contribution in [3.63, 3.8) is 0 Å². The van der Waals surface area contributed by atoms with Crippen molar-refractivity contribution in [3.05, 3.63) is 301 Å². The first-order valence-corrected chi connectivity index (χ1v) is 35.7. The van der Waals surface area contributed by atoms with Gasteiger partial charge in [0.25, 0.3) is 6.71 Å². The van der Waals surface area contributed by atoms with Gasteiger partial charge in [0.15, 0.2) is 0 Å². The highest BCUT2D eigenvalue weighted by Crippen LogP contribution is 2.52. The SMILES string of the molecule is CC(C)(C)c1ccc2c(c1)c1cc(C(C)(C)C)ccc1n2-c1ccccc1N1c2ccc(-c3ccccc3)cc2B2c3cc(-c4ccccc4)ccc3N(c3ccccc3-n3c4ccc(C(C)(C)C)cc4c4cc(C(C)(C)C)ccc43)c3cc(-n4c5ccccc5c5ccccc54)cc1c32. The number of aromatic nitrogens is 3. The molecule has 486 valence electrons. The summed E-state index contributed by atoms with van der Waals surface area (Å²) in [4.78, 5) is 5.30. The molecule has 16 aromatic rings. The topological polar surface area (TPSA) is 21.3 Å². The van der Waals surface area contributed by atoms with E-state index in [2.05, 4.69) is 386 Å². The summed E-state index contributed by atoms with van der Waals surface area (Å²) in [7, 11) is 0. The van der Waals surface area contributed by atoms with Gasteiger partial charge in [-0.25, -0.2) is 0 Å². The highest BCUT2D eigenvalue weighted by Gasteiger charge is 2.45. The van der Waals surface area contributed by atoms with Crippen molar-refractivity contribution >= 4 is 123 Å². The van der Waals surface area contributed by atoms with E-state index in [9.17, 15) is 0 Å². The molecule has 13 aromatic carbocycles. The van der Waals surface area contributed by atoms with E-state index in [1.165, 1.54) is 115 Å². The quantitative estimate of drug-likeness (QED) is 0.148. The minimum absolute atomic E-state index is 0.0556. The van der Waals surface area contributed by atoms with Crippen molar-refractivity contribution in [1.29, 1.82) is 0 Å². The fraction of sp³-hybridized carbons (Fsp3) is 0.170. The Morgan fingerprint density at radius 2 is 0.530 bits per heavy atom. The molecule has 0 amide bonds. The molecule has 0 atom stereocenters. The monoisotopic (exact) mass is 1290 g/mol. The number of hydrogen-bond acceptors (Lipinski definition) is 2. The minimum Gasteiger partial charge on any atom is -0.309 e. The summed E-state index contributed by atoms with van der Waals surface area (Å²) in [6.45, 7) is 27.7. The van der Waals surface area contributed by atoms with E-state index < -0.39 is 0 Å². The molecular formula is C94H82BN5. The Kier molecular flexibility index (Phi) is 13.6. The molecule has 0 saturated heterocycles. The van der Waals surface area contributed by atoms with Gasteiger partial charge in [-0.15, -0.1) is 0 Å². The fourth-order valence-corrected chi connectivity index (χ4v) is 16.6. The lowest BCUT2D eigenvalue weighted by atomic mass is 9.33. The van der Waals surface area contributed by atoms with Crippen molar-refractivity contribution in [2.75, 3.05) is 9.80 Å². The van der Waals surface area contributed by atoms with E-state index >= 15 is 0 Å². The normalized spacial score (nSPS) is 13.3. The number of hydrogen-bond donors (Lipinski definition) is 0. The van der Waals surface area contributed by atoms with Crippen molar-refractivity contribution < 1.29 is 0 Å². The van der Waals surface area contributed by atoms with Gasteiger partial charge in [0.05, 0.1) is 61.5 Å². The fourth-order valence-electron chi connectivity index (χ4n) is 16.6. The Hall–Kier alpha value is -11.1. The van der Waals surface area contributed by atoms with Gasteiger partial charge in [-0.1, -0.05) is 253 Å². The van der Waals surface area contributed by atoms with Crippen molar-refractivity contribution in [3.8, 4) is 39.3 Å². The van der Waals surface area contributed by atoms with Gasteiger partial charge >= 0.3 is 0 Å². The third-order valence-electron chi connectivity index (χ3n) is 21.8. The van der Waals surface area contributed by atoms with Crippen LogP contribution in [0, 0.1) is 0 Å². The molecule has 5 nitrogen and oxygen atoms in total. The maximum absolute atomic E-state index is 2.65. The summed E-state index contributed by atoms with van der Waals surface area (Å²) < 4.78 is 7.67. The number of rotatable bonds is 7. The standard InChI is InChI=1S/C94H82BN5/c1-91(2,3)63-41-47-78-70(53-63)71-54-64(92(4,5)6)42-48-79(71)97(78)84-35-23-25-37-86(84)99-82-45-39-61(59-27-15-13-16-28-59)51-74(82)95-75-52-62(60-29-17-14-18-30-60)40-46-83(75)100(89-58-67(57-88(99)90(89)95)96-76-33-21-19-31-68(76)69-32-20-22-34-77(69)96)87-38-26-24-36-85(87)98-80-49-43-65(93(7,8)9)55-72(80)73-56-66(94(10,11)12)44-50-81(73)98/h13-58H,1-12H3. The van der Waals surface area contributed by atoms with Crippen LogP contribution in [0.5, 0.6) is 0 Å². The zero-order chi connectivity index (χ0) is 68.5. The van der Waals surface area contributed by atoms with Crippen LogP contribution in [0.4, 0.5) is 34.1 Å². The molecule has 100 heavy (non-hydrogen) atoms. The summed E-state index contributed by atoms with van der Waals surface area (Å²) in [6.07, 6.45) is 0. The Balaban J connectivity index is 0.993. The molecule has 2 aliphatic rings. The van der Waals surface area contributed by atoms with E-state index in [0.717, 1.165) is 62.2 Å². The Morgan fingerprint density at radius 3 is 0.880 bits per heavy atom. The van der Waals surface area contributed by atoms with Gasteiger partial charge in [-0.05, 0) is 192 Å². The molecule has 6 heteroatoms. The van der Waals surface area contributed by atoms with Gasteiger partial charge in [-0.2, -0.15) is 0 Å². The molecule has 3 aromatic heterocycles. The van der Waals surface area contributed by atoms with Crippen molar-refractivity contribution in [2.45, 2.75) is 105 Å². The van der Waals surface area contributed by atoms with Crippen LogP contribution < -0.4 is 26.2 Å². The lowest BCUT2D eigenvalue weighted by Crippen LogP contribution is -2.61. The summed E-state index contributed by atoms with van der Waals surface area (Å²) in [5.74, 6) is 0. The van der Waals surface area contributed by atoms with E-state index in [1.54, 1.807) is 0 Å². The molecule has 5 heterocycles. The number of anilines is 6. The predicted molar refractivity (Wildman–Crippen MR) is 429 cm³/mol. The van der Waals surface area contributed by atoms with Crippen LogP contribution in [-0.4, -0.2) is 20.4 Å². The highest BCUT2D eigenvalue weighted by molar-refractivity contribution is 7.00. The molecule has 0 bridgehead atoms. The van der Waals surface area contributed by atoms with Gasteiger partial charge in [0.1, 0.15) is 0 Å². The van der Waals surface area contributed by atoms with Crippen LogP contribution in [0.2, 0.25) is 0 Å². The maximum Gasteiger partial charge on any atom is 0.252 e. The Labute approximate surface area is 587 Å². The molecule has 18 rings (SSSR count). The molecule has 0 N–H and O–H groups in total. The van der Waals surface area contributed by atoms with Crippen LogP contribution in [0.3, 0.4) is 0 Å². The molecular weight excluding hydrogens is 1210 g/mol. The molecule has 0 fully saturated rings. The first kappa shape index (κ1) is 61.3. The second-order valence-corrected chi connectivity index (χ2v) is 32.2. The number of nitrogens with zero attached hydrogens (tertiary/aromatic N) is 5. The zero-order valence-corrected chi connectivity index (χ0v) is 59.4. The molecule has 0 saturated carbocycles. The van der Waals surface area contributed by atoms with Crippen LogP contribution >= 0.6 is 0 Å². The minimum atomic E-state index is -0.221. The summed E-state index contributed by atoms with van der Waals surface area (Å²) in [5, 5.41) is 7.47. The summed E-state index contributed by atoms with van der Waals surface area (Å²) in [6, 6.07) is 107. The Morgan fingerprint density at radius 1 is 0.220 bits per heavy atom. The average Bonchev–Trinajstić information content (AvgIpc) is 0.724. The van der Waals surface area contributed by atoms with Crippen LogP contribution in [0.1, 0.15) is 105 Å². The first-order chi connectivity index (χ1) is 48.2. The molecule has 0 radical (unpaired) electrons. The molecule has 0 aliphatic carbocycles. The van der Waals surface area contributed by atoms with E-state index in [-0.39, 0.29) is 28.4 Å². The van der Waals surface area contributed by atoms with E-state index in [0.29, 0.717) is 0 Å². The summed E-state index contributed by atoms with van der Waals surface area (Å²) >= 11 is 0.